The SMILES string of the molecule is O=C1CC2SC(c3ccccc3)CN12. The van der Waals surface area contributed by atoms with Crippen molar-refractivity contribution >= 4 is 17.7 Å². The number of fused-ring (bicyclic) bond motifs is 1. The fraction of sp³-hybridized carbons (Fsp3) is 0.364. The fourth-order valence-electron chi connectivity index (χ4n) is 2.03. The first-order valence-corrected chi connectivity index (χ1v) is 5.79. The van der Waals surface area contributed by atoms with Crippen LogP contribution in [0, 0.1) is 0 Å². The molecule has 0 aromatic heterocycles. The molecule has 72 valence electrons. The zero-order valence-electron chi connectivity index (χ0n) is 7.72. The normalized spacial score (nSPS) is 30.0. The molecule has 2 aliphatic rings. The second kappa shape index (κ2) is 3.02. The first-order chi connectivity index (χ1) is 6.84. The number of amides is 1. The largest absolute Gasteiger partial charge is 0.329 e. The molecule has 0 radical (unpaired) electrons. The van der Waals surface area contributed by atoms with Crippen molar-refractivity contribution in [3.05, 3.63) is 35.9 Å². The average Bonchev–Trinajstić information content (AvgIpc) is 2.57. The molecule has 2 atom stereocenters. The van der Waals surface area contributed by atoms with Gasteiger partial charge in [0, 0.05) is 11.8 Å². The number of nitrogens with zero attached hydrogens (tertiary/aromatic N) is 1. The molecule has 0 saturated carbocycles. The van der Waals surface area contributed by atoms with Crippen LogP contribution in [0.1, 0.15) is 17.2 Å². The molecule has 2 heterocycles. The molecule has 1 aromatic rings. The highest BCUT2D eigenvalue weighted by atomic mass is 32.2. The van der Waals surface area contributed by atoms with Crippen LogP contribution in [0.15, 0.2) is 30.3 Å². The summed E-state index contributed by atoms with van der Waals surface area (Å²) in [6, 6.07) is 10.5. The van der Waals surface area contributed by atoms with Crippen molar-refractivity contribution in [2.75, 3.05) is 6.54 Å². The van der Waals surface area contributed by atoms with Gasteiger partial charge in [-0.15, -0.1) is 11.8 Å². The Bertz CT molecular complexity index is 365. The molecule has 0 spiro atoms. The smallest absolute Gasteiger partial charge is 0.226 e. The first kappa shape index (κ1) is 8.36. The van der Waals surface area contributed by atoms with E-state index in [1.165, 1.54) is 5.56 Å². The van der Waals surface area contributed by atoms with Crippen LogP contribution in [0.4, 0.5) is 0 Å². The van der Waals surface area contributed by atoms with Crippen LogP contribution < -0.4 is 0 Å². The quantitative estimate of drug-likeness (QED) is 0.654. The maximum absolute atomic E-state index is 11.2. The van der Waals surface area contributed by atoms with Gasteiger partial charge in [0.05, 0.1) is 11.8 Å². The van der Waals surface area contributed by atoms with E-state index in [1.807, 2.05) is 22.7 Å². The molecule has 14 heavy (non-hydrogen) atoms. The minimum Gasteiger partial charge on any atom is -0.329 e. The van der Waals surface area contributed by atoms with Gasteiger partial charge >= 0.3 is 0 Å². The lowest BCUT2D eigenvalue weighted by molar-refractivity contribution is -0.140. The van der Waals surface area contributed by atoms with Gasteiger partial charge in [0.25, 0.3) is 0 Å². The molecule has 0 aliphatic carbocycles. The monoisotopic (exact) mass is 205 g/mol. The number of carbonyl (C=O) groups is 1. The van der Waals surface area contributed by atoms with Gasteiger partial charge < -0.3 is 4.90 Å². The highest BCUT2D eigenvalue weighted by Gasteiger charge is 2.44. The average molecular weight is 205 g/mol. The first-order valence-electron chi connectivity index (χ1n) is 4.84. The second-order valence-electron chi connectivity index (χ2n) is 3.74. The number of carbonyl (C=O) groups excluding carboxylic acids is 1. The van der Waals surface area contributed by atoms with Gasteiger partial charge in [-0.05, 0) is 5.56 Å². The molecule has 0 bridgehead atoms. The van der Waals surface area contributed by atoms with Gasteiger partial charge in [0.15, 0.2) is 0 Å². The van der Waals surface area contributed by atoms with E-state index >= 15 is 0 Å². The summed E-state index contributed by atoms with van der Waals surface area (Å²) in [7, 11) is 0. The molecule has 2 unspecified atom stereocenters. The molecule has 2 fully saturated rings. The van der Waals surface area contributed by atoms with Gasteiger partial charge in [-0.25, -0.2) is 0 Å². The minimum absolute atomic E-state index is 0.320. The van der Waals surface area contributed by atoms with Crippen molar-refractivity contribution in [2.24, 2.45) is 0 Å². The summed E-state index contributed by atoms with van der Waals surface area (Å²) >= 11 is 1.92. The van der Waals surface area contributed by atoms with E-state index in [1.54, 1.807) is 0 Å². The Balaban J connectivity index is 1.80. The lowest BCUT2D eigenvalue weighted by Gasteiger charge is -2.32. The number of rotatable bonds is 1. The Labute approximate surface area is 87.3 Å². The van der Waals surface area contributed by atoms with E-state index < -0.39 is 0 Å². The van der Waals surface area contributed by atoms with Crippen LogP contribution >= 0.6 is 11.8 Å². The Morgan fingerprint density at radius 3 is 2.71 bits per heavy atom. The van der Waals surface area contributed by atoms with Crippen molar-refractivity contribution in [3.63, 3.8) is 0 Å². The number of thioether (sulfide) groups is 1. The Kier molecular flexibility index (Phi) is 1.80. The van der Waals surface area contributed by atoms with E-state index in [-0.39, 0.29) is 0 Å². The van der Waals surface area contributed by atoms with Crippen molar-refractivity contribution in [2.45, 2.75) is 17.0 Å². The molecule has 3 rings (SSSR count). The third kappa shape index (κ3) is 1.16. The Morgan fingerprint density at radius 2 is 2.07 bits per heavy atom. The van der Waals surface area contributed by atoms with Crippen LogP contribution in [0.3, 0.4) is 0 Å². The number of hydrogen-bond donors (Lipinski definition) is 0. The van der Waals surface area contributed by atoms with Crippen LogP contribution in [-0.4, -0.2) is 22.7 Å². The van der Waals surface area contributed by atoms with Gasteiger partial charge in [0.2, 0.25) is 5.91 Å². The van der Waals surface area contributed by atoms with Crippen LogP contribution in [0.25, 0.3) is 0 Å². The van der Waals surface area contributed by atoms with Gasteiger partial charge in [-0.1, -0.05) is 30.3 Å². The van der Waals surface area contributed by atoms with E-state index in [9.17, 15) is 4.79 Å². The summed E-state index contributed by atoms with van der Waals surface area (Å²) in [6.07, 6.45) is 0.744. The molecular formula is C11H11NOS. The lowest BCUT2D eigenvalue weighted by Crippen LogP contribution is -2.46. The highest BCUT2D eigenvalue weighted by molar-refractivity contribution is 8.00. The summed E-state index contributed by atoms with van der Waals surface area (Å²) in [6.45, 7) is 0.901. The molecule has 1 amide bonds. The maximum atomic E-state index is 11.2. The predicted molar refractivity (Wildman–Crippen MR) is 56.9 cm³/mol. The minimum atomic E-state index is 0.320. The van der Waals surface area contributed by atoms with E-state index in [4.69, 9.17) is 0 Å². The molecule has 1 aromatic carbocycles. The van der Waals surface area contributed by atoms with Gasteiger partial charge in [0.1, 0.15) is 0 Å². The standard InChI is InChI=1S/C11H11NOS/c13-10-6-11-12(10)7-9(14-11)8-4-2-1-3-5-8/h1-5,9,11H,6-7H2. The zero-order chi connectivity index (χ0) is 9.54. The molecular weight excluding hydrogens is 194 g/mol. The van der Waals surface area contributed by atoms with Gasteiger partial charge in [-0.2, -0.15) is 0 Å². The third-order valence-electron chi connectivity index (χ3n) is 2.87. The summed E-state index contributed by atoms with van der Waals surface area (Å²) in [5.41, 5.74) is 1.35. The van der Waals surface area contributed by atoms with Crippen molar-refractivity contribution in [3.8, 4) is 0 Å². The fourth-order valence-corrected chi connectivity index (χ4v) is 3.56. The summed E-state index contributed by atoms with van der Waals surface area (Å²) < 4.78 is 0. The van der Waals surface area contributed by atoms with Crippen molar-refractivity contribution in [1.82, 2.24) is 4.90 Å². The second-order valence-corrected chi connectivity index (χ2v) is 5.13. The number of benzene rings is 1. The summed E-state index contributed by atoms with van der Waals surface area (Å²) in [5.74, 6) is 0.320. The highest BCUT2D eigenvalue weighted by Crippen LogP contribution is 2.47. The molecule has 2 saturated heterocycles. The van der Waals surface area contributed by atoms with Crippen molar-refractivity contribution in [1.29, 1.82) is 0 Å². The van der Waals surface area contributed by atoms with E-state index in [0.29, 0.717) is 16.5 Å². The summed E-state index contributed by atoms with van der Waals surface area (Å²) in [4.78, 5) is 13.2. The molecule has 0 N–H and O–H groups in total. The number of hydrogen-bond acceptors (Lipinski definition) is 2. The van der Waals surface area contributed by atoms with Gasteiger partial charge in [-0.3, -0.25) is 4.79 Å². The number of β-lactam (4-membered cyclic amide) rings is 1. The predicted octanol–water partition coefficient (Wildman–Crippen LogP) is 2.03. The Hall–Kier alpha value is -0.960. The molecule has 3 heteroatoms. The Morgan fingerprint density at radius 1 is 1.29 bits per heavy atom. The lowest BCUT2D eigenvalue weighted by atomic mass is 10.1. The van der Waals surface area contributed by atoms with E-state index in [0.717, 1.165) is 13.0 Å². The topological polar surface area (TPSA) is 20.3 Å². The van der Waals surface area contributed by atoms with E-state index in [2.05, 4.69) is 24.3 Å². The summed E-state index contributed by atoms with van der Waals surface area (Å²) in [5, 5.41) is 0.959. The van der Waals surface area contributed by atoms with Crippen molar-refractivity contribution < 1.29 is 4.79 Å². The van der Waals surface area contributed by atoms with Crippen LogP contribution in [0.5, 0.6) is 0 Å². The van der Waals surface area contributed by atoms with Crippen LogP contribution in [0.2, 0.25) is 0 Å². The zero-order valence-corrected chi connectivity index (χ0v) is 8.54. The molecule has 2 nitrogen and oxygen atoms in total. The maximum Gasteiger partial charge on any atom is 0.226 e. The van der Waals surface area contributed by atoms with Crippen LogP contribution in [-0.2, 0) is 4.79 Å². The molecule has 2 aliphatic heterocycles. The third-order valence-corrected chi connectivity index (χ3v) is 4.36.